The summed E-state index contributed by atoms with van der Waals surface area (Å²) in [5.41, 5.74) is 1.21. The highest BCUT2D eigenvalue weighted by molar-refractivity contribution is 9.10. The van der Waals surface area contributed by atoms with E-state index < -0.39 is 12.0 Å². The number of benzene rings is 1. The predicted octanol–water partition coefficient (Wildman–Crippen LogP) is 2.47. The van der Waals surface area contributed by atoms with Crippen LogP contribution in [0.15, 0.2) is 28.7 Å². The predicted molar refractivity (Wildman–Crippen MR) is 87.5 cm³/mol. The highest BCUT2D eigenvalue weighted by Gasteiger charge is 2.20. The summed E-state index contributed by atoms with van der Waals surface area (Å²) in [6, 6.07) is 7.59. The molecule has 0 aliphatic heterocycles. The maximum atomic E-state index is 11.9. The van der Waals surface area contributed by atoms with Crippen molar-refractivity contribution in [3.8, 4) is 0 Å². The van der Waals surface area contributed by atoms with Crippen molar-refractivity contribution in [2.24, 2.45) is 0 Å². The van der Waals surface area contributed by atoms with Gasteiger partial charge in [0.05, 0.1) is 20.3 Å². The molecule has 1 N–H and O–H groups in total. The van der Waals surface area contributed by atoms with Crippen molar-refractivity contribution in [2.45, 2.75) is 32.2 Å². The summed E-state index contributed by atoms with van der Waals surface area (Å²) in [7, 11) is 1.32. The lowest BCUT2D eigenvalue weighted by molar-refractivity contribution is -0.146. The molecule has 0 bridgehead atoms. The van der Waals surface area contributed by atoms with E-state index in [0.29, 0.717) is 13.0 Å². The Morgan fingerprint density at radius 3 is 2.55 bits per heavy atom. The molecule has 1 rings (SSSR count). The molecule has 0 heterocycles. The Hall–Kier alpha value is -1.40. The molecule has 122 valence electrons. The van der Waals surface area contributed by atoms with Crippen LogP contribution in [0.1, 0.15) is 25.3 Å². The van der Waals surface area contributed by atoms with Crippen molar-refractivity contribution in [3.05, 3.63) is 34.3 Å². The molecule has 22 heavy (non-hydrogen) atoms. The number of esters is 2. The fourth-order valence-electron chi connectivity index (χ4n) is 1.99. The van der Waals surface area contributed by atoms with E-state index in [1.165, 1.54) is 12.7 Å². The zero-order chi connectivity index (χ0) is 16.4. The first kappa shape index (κ1) is 18.6. The molecule has 0 saturated carbocycles. The van der Waals surface area contributed by atoms with E-state index in [2.05, 4.69) is 26.0 Å². The molecule has 0 aromatic heterocycles. The van der Waals surface area contributed by atoms with Crippen LogP contribution in [0, 0.1) is 0 Å². The first-order valence-corrected chi connectivity index (χ1v) is 8.07. The number of aryl methyl sites for hydroxylation is 1. The molecular weight excluding hydrogens is 350 g/mol. The van der Waals surface area contributed by atoms with Gasteiger partial charge >= 0.3 is 11.9 Å². The van der Waals surface area contributed by atoms with Crippen molar-refractivity contribution >= 4 is 27.9 Å². The van der Waals surface area contributed by atoms with Gasteiger partial charge in [-0.05, 0) is 43.9 Å². The Morgan fingerprint density at radius 1 is 1.27 bits per heavy atom. The zero-order valence-corrected chi connectivity index (χ0v) is 14.5. The van der Waals surface area contributed by atoms with Gasteiger partial charge in [-0.3, -0.25) is 14.9 Å². The quantitative estimate of drug-likeness (QED) is 0.675. The van der Waals surface area contributed by atoms with Crippen LogP contribution in [0.5, 0.6) is 0 Å². The van der Waals surface area contributed by atoms with Gasteiger partial charge in [-0.15, -0.1) is 0 Å². The smallest absolute Gasteiger partial charge is 0.323 e. The van der Waals surface area contributed by atoms with Gasteiger partial charge in [0, 0.05) is 4.47 Å². The molecule has 0 aliphatic rings. The van der Waals surface area contributed by atoms with Crippen LogP contribution < -0.4 is 5.32 Å². The van der Waals surface area contributed by atoms with Gasteiger partial charge in [-0.25, -0.2) is 0 Å². The second-order valence-corrected chi connectivity index (χ2v) is 5.70. The average molecular weight is 372 g/mol. The van der Waals surface area contributed by atoms with Crippen LogP contribution in [0.4, 0.5) is 0 Å². The minimum absolute atomic E-state index is 0.00172. The number of carbonyl (C=O) groups is 2. The normalized spacial score (nSPS) is 11.8. The Bertz CT molecular complexity index is 476. The number of ether oxygens (including phenoxy) is 2. The fourth-order valence-corrected chi connectivity index (χ4v) is 2.25. The number of hydrogen-bond donors (Lipinski definition) is 1. The third-order valence-corrected chi connectivity index (χ3v) is 3.69. The van der Waals surface area contributed by atoms with Gasteiger partial charge in [0.1, 0.15) is 6.04 Å². The van der Waals surface area contributed by atoms with Crippen LogP contribution in [-0.4, -0.2) is 38.2 Å². The van der Waals surface area contributed by atoms with E-state index in [-0.39, 0.29) is 12.5 Å². The Morgan fingerprint density at radius 2 is 1.95 bits per heavy atom. The average Bonchev–Trinajstić information content (AvgIpc) is 2.52. The lowest BCUT2D eigenvalue weighted by Gasteiger charge is -2.16. The van der Waals surface area contributed by atoms with Crippen molar-refractivity contribution in [2.75, 3.05) is 20.3 Å². The van der Waals surface area contributed by atoms with Crippen LogP contribution in [0.25, 0.3) is 0 Å². The standard InChI is InChI=1S/C16H22BrNO4/c1-3-22-16(20)14(18-11-15(19)21-2)6-4-5-12-7-9-13(17)10-8-12/h7-10,14,18H,3-6,11H2,1-2H3. The summed E-state index contributed by atoms with van der Waals surface area (Å²) < 4.78 is 10.6. The first-order chi connectivity index (χ1) is 10.6. The highest BCUT2D eigenvalue weighted by Crippen LogP contribution is 2.13. The van der Waals surface area contributed by atoms with Crippen molar-refractivity contribution in [3.63, 3.8) is 0 Å². The van der Waals surface area contributed by atoms with Gasteiger partial charge in [-0.2, -0.15) is 0 Å². The fraction of sp³-hybridized carbons (Fsp3) is 0.500. The number of methoxy groups -OCH3 is 1. The highest BCUT2D eigenvalue weighted by atomic mass is 79.9. The molecule has 0 fully saturated rings. The summed E-state index contributed by atoms with van der Waals surface area (Å²) >= 11 is 3.40. The first-order valence-electron chi connectivity index (χ1n) is 7.28. The van der Waals surface area contributed by atoms with Crippen molar-refractivity contribution in [1.29, 1.82) is 0 Å². The van der Waals surface area contributed by atoms with E-state index in [0.717, 1.165) is 17.3 Å². The van der Waals surface area contributed by atoms with E-state index in [1.807, 2.05) is 24.3 Å². The van der Waals surface area contributed by atoms with Gasteiger partial charge in [0.15, 0.2) is 0 Å². The number of carbonyl (C=O) groups excluding carboxylic acids is 2. The molecular formula is C16H22BrNO4. The SMILES string of the molecule is CCOC(=O)C(CCCc1ccc(Br)cc1)NCC(=O)OC. The summed E-state index contributed by atoms with van der Waals surface area (Å²) in [5.74, 6) is -0.732. The minimum atomic E-state index is -0.491. The van der Waals surface area contributed by atoms with Gasteiger partial charge in [0.2, 0.25) is 0 Å². The van der Waals surface area contributed by atoms with Gasteiger partial charge in [-0.1, -0.05) is 28.1 Å². The lowest BCUT2D eigenvalue weighted by atomic mass is 10.0. The maximum Gasteiger partial charge on any atom is 0.323 e. The number of rotatable bonds is 9. The largest absolute Gasteiger partial charge is 0.468 e. The zero-order valence-electron chi connectivity index (χ0n) is 12.9. The van der Waals surface area contributed by atoms with E-state index in [4.69, 9.17) is 4.74 Å². The van der Waals surface area contributed by atoms with E-state index in [9.17, 15) is 9.59 Å². The summed E-state index contributed by atoms with van der Waals surface area (Å²) in [6.45, 7) is 2.08. The Labute approximate surface area is 139 Å². The maximum absolute atomic E-state index is 11.9. The molecule has 1 aromatic rings. The lowest BCUT2D eigenvalue weighted by Crippen LogP contribution is -2.41. The van der Waals surface area contributed by atoms with Crippen LogP contribution in [0.3, 0.4) is 0 Å². The number of nitrogens with one attached hydrogen (secondary N) is 1. The molecule has 6 heteroatoms. The molecule has 0 saturated heterocycles. The molecule has 0 spiro atoms. The van der Waals surface area contributed by atoms with E-state index in [1.54, 1.807) is 6.92 Å². The number of halogens is 1. The monoisotopic (exact) mass is 371 g/mol. The van der Waals surface area contributed by atoms with Crippen molar-refractivity contribution < 1.29 is 19.1 Å². The molecule has 1 aromatic carbocycles. The molecule has 0 amide bonds. The Balaban J connectivity index is 2.46. The van der Waals surface area contributed by atoms with E-state index >= 15 is 0 Å². The summed E-state index contributed by atoms with van der Waals surface area (Å²) in [6.07, 6.45) is 2.29. The minimum Gasteiger partial charge on any atom is -0.468 e. The second-order valence-electron chi connectivity index (χ2n) is 4.78. The van der Waals surface area contributed by atoms with Crippen LogP contribution in [-0.2, 0) is 25.5 Å². The third kappa shape index (κ3) is 7.04. The number of hydrogen-bond acceptors (Lipinski definition) is 5. The van der Waals surface area contributed by atoms with Gasteiger partial charge < -0.3 is 9.47 Å². The summed E-state index contributed by atoms with van der Waals surface area (Å²) in [5, 5.41) is 2.89. The van der Waals surface area contributed by atoms with Gasteiger partial charge in [0.25, 0.3) is 0 Å². The molecule has 1 atom stereocenters. The molecule has 5 nitrogen and oxygen atoms in total. The molecule has 1 unspecified atom stereocenters. The second kappa shape index (κ2) is 10.3. The Kier molecular flexibility index (Phi) is 8.77. The van der Waals surface area contributed by atoms with Crippen LogP contribution >= 0.6 is 15.9 Å². The summed E-state index contributed by atoms with van der Waals surface area (Å²) in [4.78, 5) is 23.1. The molecule has 0 aliphatic carbocycles. The molecule has 0 radical (unpaired) electrons. The third-order valence-electron chi connectivity index (χ3n) is 3.16. The topological polar surface area (TPSA) is 64.6 Å². The van der Waals surface area contributed by atoms with Crippen LogP contribution in [0.2, 0.25) is 0 Å². The van der Waals surface area contributed by atoms with Crippen molar-refractivity contribution in [1.82, 2.24) is 5.32 Å².